The Labute approximate surface area is 123 Å². The third-order valence-corrected chi connectivity index (χ3v) is 4.80. The van der Waals surface area contributed by atoms with Crippen LogP contribution in [0.4, 0.5) is 0 Å². The van der Waals surface area contributed by atoms with Crippen LogP contribution in [0.15, 0.2) is 66.1 Å². The van der Waals surface area contributed by atoms with Crippen LogP contribution in [0.1, 0.15) is 5.56 Å². The van der Waals surface area contributed by atoms with Crippen molar-refractivity contribution in [3.8, 4) is 11.4 Å². The van der Waals surface area contributed by atoms with Gasteiger partial charge in [-0.2, -0.15) is 0 Å². The third-order valence-electron chi connectivity index (χ3n) is 3.12. The van der Waals surface area contributed by atoms with Crippen LogP contribution in [0.5, 0.6) is 0 Å². The van der Waals surface area contributed by atoms with Crippen LogP contribution in [0.25, 0.3) is 11.4 Å². The van der Waals surface area contributed by atoms with E-state index < -0.39 is 10.0 Å². The molecule has 1 aromatic carbocycles. The summed E-state index contributed by atoms with van der Waals surface area (Å²) >= 11 is 0. The third kappa shape index (κ3) is 2.45. The van der Waals surface area contributed by atoms with Gasteiger partial charge in [0.1, 0.15) is 0 Å². The van der Waals surface area contributed by atoms with E-state index in [0.717, 1.165) is 5.56 Å². The lowest BCUT2D eigenvalue weighted by molar-refractivity contribution is 0.588. The summed E-state index contributed by atoms with van der Waals surface area (Å²) in [6.45, 7) is 1.91. The molecule has 0 radical (unpaired) electrons. The predicted octanol–water partition coefficient (Wildman–Crippen LogP) is 2.49. The highest BCUT2D eigenvalue weighted by Gasteiger charge is 2.20. The number of benzene rings is 1. The minimum atomic E-state index is -3.66. The zero-order valence-electron chi connectivity index (χ0n) is 11.3. The molecular weight excluding hydrogens is 286 g/mol. The molecule has 6 heteroatoms. The SMILES string of the molecule is Cc1ccc(S(=O)(=O)n2ccnc2-c2ccncc2)cc1. The number of pyridine rings is 1. The minimum Gasteiger partial charge on any atom is -0.265 e. The average Bonchev–Trinajstić information content (AvgIpc) is 2.99. The van der Waals surface area contributed by atoms with Crippen molar-refractivity contribution in [3.63, 3.8) is 0 Å². The molecule has 0 spiro atoms. The van der Waals surface area contributed by atoms with Crippen molar-refractivity contribution in [2.24, 2.45) is 0 Å². The molecule has 0 fully saturated rings. The van der Waals surface area contributed by atoms with Gasteiger partial charge in [0.2, 0.25) is 0 Å². The van der Waals surface area contributed by atoms with E-state index in [-0.39, 0.29) is 4.90 Å². The summed E-state index contributed by atoms with van der Waals surface area (Å²) in [4.78, 5) is 8.32. The van der Waals surface area contributed by atoms with Gasteiger partial charge in [0, 0.05) is 30.4 Å². The zero-order valence-corrected chi connectivity index (χ0v) is 12.2. The second kappa shape index (κ2) is 5.14. The van der Waals surface area contributed by atoms with Crippen LogP contribution in [-0.4, -0.2) is 22.4 Å². The average molecular weight is 299 g/mol. The highest BCUT2D eigenvalue weighted by molar-refractivity contribution is 7.90. The van der Waals surface area contributed by atoms with Gasteiger partial charge in [-0.25, -0.2) is 17.4 Å². The second-order valence-corrected chi connectivity index (χ2v) is 6.42. The van der Waals surface area contributed by atoms with E-state index in [2.05, 4.69) is 9.97 Å². The summed E-state index contributed by atoms with van der Waals surface area (Å²) in [5, 5.41) is 0. The van der Waals surface area contributed by atoms with Gasteiger partial charge in [-0.05, 0) is 31.2 Å². The fourth-order valence-corrected chi connectivity index (χ4v) is 3.31. The Kier molecular flexibility index (Phi) is 3.31. The van der Waals surface area contributed by atoms with Gasteiger partial charge in [0.15, 0.2) is 5.82 Å². The molecular formula is C15H13N3O2S. The first-order valence-corrected chi connectivity index (χ1v) is 7.79. The summed E-state index contributed by atoms with van der Waals surface area (Å²) in [6.07, 6.45) is 6.13. The highest BCUT2D eigenvalue weighted by Crippen LogP contribution is 2.22. The van der Waals surface area contributed by atoms with Crippen molar-refractivity contribution in [2.45, 2.75) is 11.8 Å². The first-order valence-electron chi connectivity index (χ1n) is 6.35. The quantitative estimate of drug-likeness (QED) is 0.745. The molecule has 0 saturated heterocycles. The fraction of sp³-hybridized carbons (Fsp3) is 0.0667. The predicted molar refractivity (Wildman–Crippen MR) is 79.2 cm³/mol. The molecule has 2 aromatic heterocycles. The van der Waals surface area contributed by atoms with Crippen LogP contribution in [-0.2, 0) is 10.0 Å². The van der Waals surface area contributed by atoms with E-state index in [4.69, 9.17) is 0 Å². The van der Waals surface area contributed by atoms with E-state index in [1.54, 1.807) is 48.8 Å². The lowest BCUT2D eigenvalue weighted by Crippen LogP contribution is -2.13. The molecule has 0 N–H and O–H groups in total. The van der Waals surface area contributed by atoms with Gasteiger partial charge in [-0.1, -0.05) is 17.7 Å². The largest absolute Gasteiger partial charge is 0.269 e. The van der Waals surface area contributed by atoms with Crippen molar-refractivity contribution >= 4 is 10.0 Å². The molecule has 106 valence electrons. The summed E-state index contributed by atoms with van der Waals surface area (Å²) in [5.74, 6) is 0.373. The lowest BCUT2D eigenvalue weighted by atomic mass is 10.2. The monoisotopic (exact) mass is 299 g/mol. The molecule has 0 aliphatic heterocycles. The van der Waals surface area contributed by atoms with Crippen LogP contribution in [0.3, 0.4) is 0 Å². The van der Waals surface area contributed by atoms with Crippen molar-refractivity contribution in [1.82, 2.24) is 13.9 Å². The van der Waals surface area contributed by atoms with Crippen LogP contribution < -0.4 is 0 Å². The van der Waals surface area contributed by atoms with Gasteiger partial charge in [0.25, 0.3) is 10.0 Å². The number of imidazole rings is 1. The molecule has 0 aliphatic carbocycles. The normalized spacial score (nSPS) is 11.5. The topological polar surface area (TPSA) is 64.8 Å². The fourth-order valence-electron chi connectivity index (χ4n) is 2.01. The molecule has 0 amide bonds. The number of aromatic nitrogens is 3. The minimum absolute atomic E-state index is 0.237. The van der Waals surface area contributed by atoms with Crippen LogP contribution >= 0.6 is 0 Å². The maximum absolute atomic E-state index is 12.7. The Morgan fingerprint density at radius 3 is 2.29 bits per heavy atom. The number of aryl methyl sites for hydroxylation is 1. The molecule has 3 rings (SSSR count). The number of rotatable bonds is 3. The molecule has 5 nitrogen and oxygen atoms in total. The van der Waals surface area contributed by atoms with Gasteiger partial charge in [-0.3, -0.25) is 4.98 Å². The summed E-state index contributed by atoms with van der Waals surface area (Å²) in [6, 6.07) is 10.2. The Bertz CT molecular complexity index is 853. The van der Waals surface area contributed by atoms with E-state index in [9.17, 15) is 8.42 Å². The molecule has 21 heavy (non-hydrogen) atoms. The van der Waals surface area contributed by atoms with Crippen molar-refractivity contribution in [2.75, 3.05) is 0 Å². The van der Waals surface area contributed by atoms with Crippen LogP contribution in [0, 0.1) is 6.92 Å². The second-order valence-electron chi connectivity index (χ2n) is 4.60. The van der Waals surface area contributed by atoms with Crippen molar-refractivity contribution in [3.05, 3.63) is 66.7 Å². The van der Waals surface area contributed by atoms with Gasteiger partial charge in [-0.15, -0.1) is 0 Å². The summed E-state index contributed by atoms with van der Waals surface area (Å²) in [5.41, 5.74) is 1.71. The summed E-state index contributed by atoms with van der Waals surface area (Å²) < 4.78 is 26.6. The number of nitrogens with zero attached hydrogens (tertiary/aromatic N) is 3. The Morgan fingerprint density at radius 1 is 0.952 bits per heavy atom. The molecule has 0 unspecified atom stereocenters. The Balaban J connectivity index is 2.13. The molecule has 0 bridgehead atoms. The smallest absolute Gasteiger partial charge is 0.265 e. The lowest BCUT2D eigenvalue weighted by Gasteiger charge is -2.09. The van der Waals surface area contributed by atoms with E-state index >= 15 is 0 Å². The van der Waals surface area contributed by atoms with E-state index in [1.807, 2.05) is 6.92 Å². The van der Waals surface area contributed by atoms with E-state index in [1.165, 1.54) is 16.4 Å². The molecule has 3 aromatic rings. The maximum Gasteiger partial charge on any atom is 0.269 e. The van der Waals surface area contributed by atoms with E-state index in [0.29, 0.717) is 11.4 Å². The van der Waals surface area contributed by atoms with Crippen molar-refractivity contribution < 1.29 is 8.42 Å². The Morgan fingerprint density at radius 2 is 1.62 bits per heavy atom. The standard InChI is InChI=1S/C15H13N3O2S/c1-12-2-4-14(5-3-12)21(19,20)18-11-10-17-15(18)13-6-8-16-9-7-13/h2-11H,1H3. The highest BCUT2D eigenvalue weighted by atomic mass is 32.2. The molecule has 0 atom stereocenters. The van der Waals surface area contributed by atoms with Crippen LogP contribution in [0.2, 0.25) is 0 Å². The maximum atomic E-state index is 12.7. The zero-order chi connectivity index (χ0) is 14.9. The van der Waals surface area contributed by atoms with Gasteiger partial charge < -0.3 is 0 Å². The Hall–Kier alpha value is -2.47. The van der Waals surface area contributed by atoms with Crippen molar-refractivity contribution in [1.29, 1.82) is 0 Å². The number of hydrogen-bond acceptors (Lipinski definition) is 4. The van der Waals surface area contributed by atoms with Gasteiger partial charge in [0.05, 0.1) is 4.90 Å². The molecule has 0 saturated carbocycles. The first kappa shape index (κ1) is 13.5. The molecule has 0 aliphatic rings. The molecule has 2 heterocycles. The summed E-state index contributed by atoms with van der Waals surface area (Å²) in [7, 11) is -3.66. The first-order chi connectivity index (χ1) is 10.1. The number of hydrogen-bond donors (Lipinski definition) is 0. The van der Waals surface area contributed by atoms with Gasteiger partial charge >= 0.3 is 0 Å².